The Labute approximate surface area is 251 Å². The van der Waals surface area contributed by atoms with Crippen molar-refractivity contribution < 1.29 is 19.1 Å². The number of carbonyl (C=O) groups excluding carboxylic acids is 3. The molecule has 0 aromatic heterocycles. The van der Waals surface area contributed by atoms with Crippen molar-refractivity contribution in [2.45, 2.75) is 4.90 Å². The lowest BCUT2D eigenvalue weighted by molar-refractivity contribution is -0.114. The smallest absolute Gasteiger partial charge is 0.272 e. The number of halogens is 2. The minimum absolute atomic E-state index is 0.0190. The van der Waals surface area contributed by atoms with Crippen LogP contribution in [0.5, 0.6) is 5.75 Å². The third-order valence-electron chi connectivity index (χ3n) is 5.67. The van der Waals surface area contributed by atoms with Gasteiger partial charge in [-0.1, -0.05) is 65.7 Å². The summed E-state index contributed by atoms with van der Waals surface area (Å²) in [5.74, 6) is -0.426. The van der Waals surface area contributed by atoms with Gasteiger partial charge in [0, 0.05) is 16.1 Å². The van der Waals surface area contributed by atoms with E-state index in [-0.39, 0.29) is 22.4 Å². The van der Waals surface area contributed by atoms with Crippen LogP contribution in [-0.2, 0) is 9.59 Å². The maximum absolute atomic E-state index is 13.3. The van der Waals surface area contributed by atoms with Crippen molar-refractivity contribution in [2.75, 3.05) is 23.5 Å². The number of carbonyl (C=O) groups is 3. The molecule has 3 N–H and O–H groups in total. The number of para-hydroxylation sites is 2. The SMILES string of the molecule is COc1ccccc1NC(=O)CSc1ccc(NC(=O)/C(=C/c2cccc(Cl)c2Cl)NC(=O)c2ccccc2)cc1. The molecule has 0 aliphatic carbocycles. The molecule has 0 saturated heterocycles. The van der Waals surface area contributed by atoms with Gasteiger partial charge in [0.05, 0.1) is 28.6 Å². The number of ether oxygens (including phenoxy) is 1. The predicted molar refractivity (Wildman–Crippen MR) is 166 cm³/mol. The number of benzene rings is 4. The molecule has 0 fully saturated rings. The standard InChI is InChI=1S/C31H25Cl2N3O4S/c1-40-27-13-6-5-12-25(27)35-28(37)19-41-23-16-14-22(15-17-23)34-31(39)26(18-21-10-7-11-24(32)29(21)33)36-30(38)20-8-3-2-4-9-20/h2-18H,19H2,1H3,(H,34,39)(H,35,37)(H,36,38)/b26-18-. The quantitative estimate of drug-likeness (QED) is 0.132. The van der Waals surface area contributed by atoms with Crippen molar-refractivity contribution in [1.29, 1.82) is 0 Å². The molecule has 0 bridgehead atoms. The molecule has 0 atom stereocenters. The van der Waals surface area contributed by atoms with Crippen molar-refractivity contribution in [2.24, 2.45) is 0 Å². The van der Waals surface area contributed by atoms with E-state index in [2.05, 4.69) is 16.0 Å². The monoisotopic (exact) mass is 605 g/mol. The van der Waals surface area contributed by atoms with Crippen LogP contribution in [0.1, 0.15) is 15.9 Å². The fourth-order valence-electron chi connectivity index (χ4n) is 3.65. The average Bonchev–Trinajstić information content (AvgIpc) is 2.99. The molecule has 0 saturated carbocycles. The third-order valence-corrected chi connectivity index (χ3v) is 7.52. The van der Waals surface area contributed by atoms with E-state index >= 15 is 0 Å². The zero-order valence-electron chi connectivity index (χ0n) is 21.8. The van der Waals surface area contributed by atoms with Crippen LogP contribution < -0.4 is 20.7 Å². The highest BCUT2D eigenvalue weighted by molar-refractivity contribution is 8.00. The van der Waals surface area contributed by atoms with Gasteiger partial charge >= 0.3 is 0 Å². The minimum atomic E-state index is -0.554. The molecule has 0 aliphatic heterocycles. The average molecular weight is 607 g/mol. The van der Waals surface area contributed by atoms with Crippen molar-refractivity contribution in [1.82, 2.24) is 5.32 Å². The second-order valence-corrected chi connectivity index (χ2v) is 10.4. The van der Waals surface area contributed by atoms with Crippen LogP contribution in [0.3, 0.4) is 0 Å². The van der Waals surface area contributed by atoms with Crippen LogP contribution in [0.4, 0.5) is 11.4 Å². The summed E-state index contributed by atoms with van der Waals surface area (Å²) in [6, 6.07) is 27.7. The Balaban J connectivity index is 1.43. The van der Waals surface area contributed by atoms with Gasteiger partial charge < -0.3 is 20.7 Å². The molecule has 0 radical (unpaired) electrons. The number of amides is 3. The van der Waals surface area contributed by atoms with Crippen molar-refractivity contribution in [3.8, 4) is 5.75 Å². The summed E-state index contributed by atoms with van der Waals surface area (Å²) in [5, 5.41) is 8.87. The summed E-state index contributed by atoms with van der Waals surface area (Å²) in [7, 11) is 1.54. The number of hydrogen-bond acceptors (Lipinski definition) is 5. The largest absolute Gasteiger partial charge is 0.495 e. The van der Waals surface area contributed by atoms with Gasteiger partial charge in [0.25, 0.3) is 11.8 Å². The summed E-state index contributed by atoms with van der Waals surface area (Å²) in [5.41, 5.74) is 1.93. The molecule has 4 aromatic rings. The van der Waals surface area contributed by atoms with Gasteiger partial charge in [0.1, 0.15) is 11.4 Å². The van der Waals surface area contributed by atoms with Crippen LogP contribution in [0, 0.1) is 0 Å². The fraction of sp³-hybridized carbons (Fsp3) is 0.0645. The Morgan fingerprint density at radius 2 is 1.54 bits per heavy atom. The minimum Gasteiger partial charge on any atom is -0.495 e. The Morgan fingerprint density at radius 3 is 2.27 bits per heavy atom. The van der Waals surface area contributed by atoms with Gasteiger partial charge in [-0.15, -0.1) is 11.8 Å². The Kier molecular flexibility index (Phi) is 10.5. The van der Waals surface area contributed by atoms with Gasteiger partial charge in [0.2, 0.25) is 5.91 Å². The van der Waals surface area contributed by atoms with E-state index in [1.165, 1.54) is 17.8 Å². The van der Waals surface area contributed by atoms with E-state index < -0.39 is 11.8 Å². The Morgan fingerprint density at radius 1 is 0.829 bits per heavy atom. The fourth-order valence-corrected chi connectivity index (χ4v) is 4.71. The zero-order valence-corrected chi connectivity index (χ0v) is 24.1. The molecule has 0 aliphatic rings. The lowest BCUT2D eigenvalue weighted by Crippen LogP contribution is -2.30. The molecule has 208 valence electrons. The lowest BCUT2D eigenvalue weighted by Gasteiger charge is -2.12. The summed E-state index contributed by atoms with van der Waals surface area (Å²) in [6.45, 7) is 0. The predicted octanol–water partition coefficient (Wildman–Crippen LogP) is 7.14. The highest BCUT2D eigenvalue weighted by Crippen LogP contribution is 2.28. The molecule has 0 heterocycles. The normalized spacial score (nSPS) is 11.0. The van der Waals surface area contributed by atoms with E-state index in [9.17, 15) is 14.4 Å². The second kappa shape index (κ2) is 14.4. The van der Waals surface area contributed by atoms with Crippen LogP contribution in [0.25, 0.3) is 6.08 Å². The number of anilines is 2. The molecule has 4 rings (SSSR count). The summed E-state index contributed by atoms with van der Waals surface area (Å²) < 4.78 is 5.26. The molecule has 4 aromatic carbocycles. The number of rotatable bonds is 10. The van der Waals surface area contributed by atoms with Crippen molar-refractivity contribution in [3.63, 3.8) is 0 Å². The molecule has 10 heteroatoms. The highest BCUT2D eigenvalue weighted by atomic mass is 35.5. The van der Waals surface area contributed by atoms with Gasteiger partial charge in [-0.05, 0) is 66.2 Å². The molecular formula is C31H25Cl2N3O4S. The Hall–Kier alpha value is -4.24. The van der Waals surface area contributed by atoms with E-state index in [1.54, 1.807) is 92.0 Å². The van der Waals surface area contributed by atoms with Crippen LogP contribution in [0.15, 0.2) is 108 Å². The molecule has 7 nitrogen and oxygen atoms in total. The molecule has 0 unspecified atom stereocenters. The van der Waals surface area contributed by atoms with E-state index in [0.717, 1.165) is 4.90 Å². The highest BCUT2D eigenvalue weighted by Gasteiger charge is 2.16. The van der Waals surface area contributed by atoms with Crippen molar-refractivity contribution in [3.05, 3.63) is 124 Å². The van der Waals surface area contributed by atoms with E-state index in [4.69, 9.17) is 27.9 Å². The second-order valence-electron chi connectivity index (χ2n) is 8.54. The summed E-state index contributed by atoms with van der Waals surface area (Å²) >= 11 is 13.8. The van der Waals surface area contributed by atoms with Crippen LogP contribution >= 0.6 is 35.0 Å². The zero-order chi connectivity index (χ0) is 29.2. The maximum Gasteiger partial charge on any atom is 0.272 e. The van der Waals surface area contributed by atoms with Crippen LogP contribution in [0.2, 0.25) is 10.0 Å². The first-order valence-corrected chi connectivity index (χ1v) is 14.1. The number of nitrogens with one attached hydrogen (secondary N) is 3. The van der Waals surface area contributed by atoms with Crippen molar-refractivity contribution >= 4 is 70.1 Å². The first-order chi connectivity index (χ1) is 19.8. The number of thioether (sulfide) groups is 1. The lowest BCUT2D eigenvalue weighted by atomic mass is 10.1. The Bertz CT molecular complexity index is 1580. The number of methoxy groups -OCH3 is 1. The van der Waals surface area contributed by atoms with Gasteiger partial charge in [-0.2, -0.15) is 0 Å². The third kappa shape index (κ3) is 8.38. The molecule has 41 heavy (non-hydrogen) atoms. The molecular weight excluding hydrogens is 581 g/mol. The summed E-state index contributed by atoms with van der Waals surface area (Å²) in [4.78, 5) is 39.4. The van der Waals surface area contributed by atoms with E-state index in [0.29, 0.717) is 33.3 Å². The molecule has 0 spiro atoms. The van der Waals surface area contributed by atoms with E-state index in [1.807, 2.05) is 12.1 Å². The van der Waals surface area contributed by atoms with Gasteiger partial charge in [0.15, 0.2) is 0 Å². The van der Waals surface area contributed by atoms with Crippen LogP contribution in [-0.4, -0.2) is 30.6 Å². The molecule has 3 amide bonds. The topological polar surface area (TPSA) is 96.5 Å². The summed E-state index contributed by atoms with van der Waals surface area (Å²) in [6.07, 6.45) is 1.47. The van der Waals surface area contributed by atoms with Gasteiger partial charge in [-0.3, -0.25) is 14.4 Å². The first-order valence-electron chi connectivity index (χ1n) is 12.3. The maximum atomic E-state index is 13.3. The first kappa shape index (κ1) is 29.7. The number of hydrogen-bond donors (Lipinski definition) is 3. The van der Waals surface area contributed by atoms with Gasteiger partial charge in [-0.25, -0.2) is 0 Å².